The maximum Gasteiger partial charge on any atom is 0.0991 e. The number of pyridine rings is 2. The standard InChI is InChI=1S/C20H18N4/c21-13-17-7-9-18(10-8-17)14-24(15-19-5-1-3-11-22-19)16-20-6-2-4-12-23-20/h1-12H,14-16H2. The van der Waals surface area contributed by atoms with Crippen molar-refractivity contribution in [3.63, 3.8) is 0 Å². The molecule has 0 spiro atoms. The zero-order valence-electron chi connectivity index (χ0n) is 13.3. The van der Waals surface area contributed by atoms with Crippen molar-refractivity contribution in [3.8, 4) is 6.07 Å². The predicted octanol–water partition coefficient (Wildman–Crippen LogP) is 3.55. The van der Waals surface area contributed by atoms with Crippen LogP contribution in [0.5, 0.6) is 0 Å². The smallest absolute Gasteiger partial charge is 0.0991 e. The molecule has 0 aliphatic heterocycles. The summed E-state index contributed by atoms with van der Waals surface area (Å²) in [5.74, 6) is 0. The van der Waals surface area contributed by atoms with Crippen LogP contribution in [-0.2, 0) is 19.6 Å². The summed E-state index contributed by atoms with van der Waals surface area (Å²) >= 11 is 0. The van der Waals surface area contributed by atoms with E-state index in [1.807, 2.05) is 73.1 Å². The first kappa shape index (κ1) is 15.9. The van der Waals surface area contributed by atoms with Gasteiger partial charge in [-0.2, -0.15) is 5.26 Å². The minimum Gasteiger partial charge on any atom is -0.287 e. The highest BCUT2D eigenvalue weighted by Gasteiger charge is 2.10. The number of hydrogen-bond acceptors (Lipinski definition) is 4. The summed E-state index contributed by atoms with van der Waals surface area (Å²) in [7, 11) is 0. The third-order valence-corrected chi connectivity index (χ3v) is 3.71. The van der Waals surface area contributed by atoms with Gasteiger partial charge in [0, 0.05) is 32.0 Å². The van der Waals surface area contributed by atoms with E-state index in [0.717, 1.165) is 31.0 Å². The van der Waals surface area contributed by atoms with Crippen LogP contribution in [0.2, 0.25) is 0 Å². The Bertz CT molecular complexity index is 751. The first-order valence-corrected chi connectivity index (χ1v) is 7.85. The van der Waals surface area contributed by atoms with Gasteiger partial charge in [-0.15, -0.1) is 0 Å². The molecule has 2 aromatic heterocycles. The van der Waals surface area contributed by atoms with Crippen molar-refractivity contribution < 1.29 is 0 Å². The minimum absolute atomic E-state index is 0.680. The Balaban J connectivity index is 1.76. The molecule has 0 radical (unpaired) electrons. The summed E-state index contributed by atoms with van der Waals surface area (Å²) in [6.45, 7) is 2.27. The van der Waals surface area contributed by atoms with E-state index in [9.17, 15) is 0 Å². The molecule has 3 aromatic rings. The highest BCUT2D eigenvalue weighted by atomic mass is 15.1. The quantitative estimate of drug-likeness (QED) is 0.698. The summed E-state index contributed by atoms with van der Waals surface area (Å²) in [6.07, 6.45) is 3.63. The van der Waals surface area contributed by atoms with Gasteiger partial charge in [0.25, 0.3) is 0 Å². The lowest BCUT2D eigenvalue weighted by Crippen LogP contribution is -2.23. The van der Waals surface area contributed by atoms with Crippen LogP contribution in [0.3, 0.4) is 0 Å². The lowest BCUT2D eigenvalue weighted by molar-refractivity contribution is 0.241. The molecular formula is C20H18N4. The highest BCUT2D eigenvalue weighted by Crippen LogP contribution is 2.13. The topological polar surface area (TPSA) is 52.8 Å². The normalized spacial score (nSPS) is 10.5. The number of nitrogens with zero attached hydrogens (tertiary/aromatic N) is 4. The second-order valence-electron chi connectivity index (χ2n) is 5.60. The fourth-order valence-electron chi connectivity index (χ4n) is 2.55. The fourth-order valence-corrected chi connectivity index (χ4v) is 2.55. The monoisotopic (exact) mass is 314 g/mol. The molecule has 2 heterocycles. The summed E-state index contributed by atoms with van der Waals surface area (Å²) in [5, 5.41) is 8.92. The fraction of sp³-hybridized carbons (Fsp3) is 0.150. The maximum absolute atomic E-state index is 8.92. The molecule has 0 aliphatic carbocycles. The van der Waals surface area contributed by atoms with E-state index in [1.165, 1.54) is 5.56 Å². The lowest BCUT2D eigenvalue weighted by Gasteiger charge is -2.21. The number of benzene rings is 1. The summed E-state index contributed by atoms with van der Waals surface area (Å²) in [4.78, 5) is 11.1. The largest absolute Gasteiger partial charge is 0.287 e. The zero-order valence-corrected chi connectivity index (χ0v) is 13.3. The van der Waals surface area contributed by atoms with Gasteiger partial charge in [0.05, 0.1) is 23.0 Å². The van der Waals surface area contributed by atoms with Crippen molar-refractivity contribution in [2.75, 3.05) is 0 Å². The van der Waals surface area contributed by atoms with Crippen molar-refractivity contribution in [1.82, 2.24) is 14.9 Å². The Morgan fingerprint density at radius 3 is 1.79 bits per heavy atom. The Morgan fingerprint density at radius 2 is 1.33 bits per heavy atom. The number of nitriles is 1. The first-order chi connectivity index (χ1) is 11.8. The summed E-state index contributed by atoms with van der Waals surface area (Å²) in [5.41, 5.74) is 3.91. The average Bonchev–Trinajstić information content (AvgIpc) is 2.64. The highest BCUT2D eigenvalue weighted by molar-refractivity contribution is 5.31. The molecule has 0 unspecified atom stereocenters. The molecule has 0 fully saturated rings. The van der Waals surface area contributed by atoms with Crippen LogP contribution in [0, 0.1) is 11.3 Å². The molecule has 118 valence electrons. The summed E-state index contributed by atoms with van der Waals surface area (Å²) < 4.78 is 0. The number of aromatic nitrogens is 2. The van der Waals surface area contributed by atoms with Crippen LogP contribution in [0.1, 0.15) is 22.5 Å². The number of hydrogen-bond donors (Lipinski definition) is 0. The molecule has 0 saturated carbocycles. The van der Waals surface area contributed by atoms with E-state index >= 15 is 0 Å². The van der Waals surface area contributed by atoms with Crippen LogP contribution >= 0.6 is 0 Å². The molecule has 0 amide bonds. The molecule has 0 atom stereocenters. The van der Waals surface area contributed by atoms with Gasteiger partial charge in [-0.25, -0.2) is 0 Å². The second-order valence-corrected chi connectivity index (χ2v) is 5.60. The Hall–Kier alpha value is -3.03. The third kappa shape index (κ3) is 4.48. The molecule has 0 N–H and O–H groups in total. The lowest BCUT2D eigenvalue weighted by atomic mass is 10.1. The molecular weight excluding hydrogens is 296 g/mol. The molecule has 0 aliphatic rings. The Kier molecular flexibility index (Phi) is 5.28. The second kappa shape index (κ2) is 8.00. The predicted molar refractivity (Wildman–Crippen MR) is 92.6 cm³/mol. The molecule has 0 saturated heterocycles. The van der Waals surface area contributed by atoms with Crippen LogP contribution in [0.15, 0.2) is 73.1 Å². The SMILES string of the molecule is N#Cc1ccc(CN(Cc2ccccn2)Cc2ccccn2)cc1. The van der Waals surface area contributed by atoms with E-state index in [2.05, 4.69) is 20.9 Å². The molecule has 4 nitrogen and oxygen atoms in total. The Morgan fingerprint density at radius 1 is 0.750 bits per heavy atom. The first-order valence-electron chi connectivity index (χ1n) is 7.85. The van der Waals surface area contributed by atoms with Gasteiger partial charge in [0.1, 0.15) is 0 Å². The molecule has 3 rings (SSSR count). The van der Waals surface area contributed by atoms with Crippen LogP contribution in [0.25, 0.3) is 0 Å². The van der Waals surface area contributed by atoms with Gasteiger partial charge in [0.2, 0.25) is 0 Å². The number of rotatable bonds is 6. The van der Waals surface area contributed by atoms with Gasteiger partial charge in [-0.05, 0) is 42.0 Å². The third-order valence-electron chi connectivity index (χ3n) is 3.71. The van der Waals surface area contributed by atoms with Crippen molar-refractivity contribution in [1.29, 1.82) is 5.26 Å². The molecule has 24 heavy (non-hydrogen) atoms. The van der Waals surface area contributed by atoms with Crippen molar-refractivity contribution in [2.45, 2.75) is 19.6 Å². The van der Waals surface area contributed by atoms with Crippen LogP contribution in [0.4, 0.5) is 0 Å². The van der Waals surface area contributed by atoms with E-state index in [1.54, 1.807) is 0 Å². The molecule has 1 aromatic carbocycles. The van der Waals surface area contributed by atoms with Crippen molar-refractivity contribution in [2.24, 2.45) is 0 Å². The van der Waals surface area contributed by atoms with Crippen molar-refractivity contribution in [3.05, 3.63) is 95.6 Å². The Labute approximate surface area is 142 Å². The van der Waals surface area contributed by atoms with Gasteiger partial charge in [-0.1, -0.05) is 24.3 Å². The minimum atomic E-state index is 0.680. The summed E-state index contributed by atoms with van der Waals surface area (Å²) in [6, 6.07) is 21.8. The van der Waals surface area contributed by atoms with E-state index in [0.29, 0.717) is 5.56 Å². The van der Waals surface area contributed by atoms with Gasteiger partial charge in [0.15, 0.2) is 0 Å². The molecule has 0 bridgehead atoms. The van der Waals surface area contributed by atoms with E-state index < -0.39 is 0 Å². The van der Waals surface area contributed by atoms with Crippen molar-refractivity contribution >= 4 is 0 Å². The molecule has 4 heteroatoms. The van der Waals surface area contributed by atoms with Gasteiger partial charge >= 0.3 is 0 Å². The maximum atomic E-state index is 8.92. The van der Waals surface area contributed by atoms with Gasteiger partial charge < -0.3 is 0 Å². The van der Waals surface area contributed by atoms with Gasteiger partial charge in [-0.3, -0.25) is 14.9 Å². The van der Waals surface area contributed by atoms with Crippen LogP contribution < -0.4 is 0 Å². The van der Waals surface area contributed by atoms with E-state index in [-0.39, 0.29) is 0 Å². The van der Waals surface area contributed by atoms with Crippen LogP contribution in [-0.4, -0.2) is 14.9 Å². The average molecular weight is 314 g/mol. The van der Waals surface area contributed by atoms with E-state index in [4.69, 9.17) is 5.26 Å². The zero-order chi connectivity index (χ0) is 16.6.